The van der Waals surface area contributed by atoms with E-state index in [1.807, 2.05) is 0 Å². The first-order valence-corrected chi connectivity index (χ1v) is 38.2. The lowest BCUT2D eigenvalue weighted by atomic mass is 9.83. The highest BCUT2D eigenvalue weighted by molar-refractivity contribution is 6.32. The zero-order chi connectivity index (χ0) is 71.3. The van der Waals surface area contributed by atoms with Gasteiger partial charge in [-0.1, -0.05) is 315 Å². The van der Waals surface area contributed by atoms with Crippen molar-refractivity contribution in [3.05, 3.63) is 376 Å². The van der Waals surface area contributed by atoms with Gasteiger partial charge in [0.25, 0.3) is 0 Å². The minimum atomic E-state index is 1.21. The molecule has 0 aliphatic carbocycles. The van der Waals surface area contributed by atoms with Gasteiger partial charge in [-0.05, 0) is 317 Å². The Morgan fingerprint density at radius 2 is 0.349 bits per heavy atom. The lowest BCUT2D eigenvalue weighted by molar-refractivity contribution is 1.59. The molecule has 0 atom stereocenters. The Kier molecular flexibility index (Phi) is 12.7. The van der Waals surface area contributed by atoms with Crippen LogP contribution in [0.3, 0.4) is 0 Å². The highest BCUT2D eigenvalue weighted by Crippen LogP contribution is 2.52. The number of benzene rings is 24. The smallest absolute Gasteiger partial charge is 0.00203 e. The molecule has 0 saturated heterocycles. The van der Waals surface area contributed by atoms with E-state index in [-0.39, 0.29) is 0 Å². The van der Waals surface area contributed by atoms with Crippen molar-refractivity contribution in [3.8, 4) is 55.6 Å². The molecule has 24 aromatic carbocycles. The van der Waals surface area contributed by atoms with Crippen molar-refractivity contribution in [3.63, 3.8) is 0 Å². The molecule has 24 aromatic rings. The van der Waals surface area contributed by atoms with Gasteiger partial charge in [0, 0.05) is 0 Å². The van der Waals surface area contributed by atoms with E-state index >= 15 is 0 Å². The summed E-state index contributed by atoms with van der Waals surface area (Å²) in [5.74, 6) is 0. The number of aryl methyl sites for hydroxylation is 1. The van der Waals surface area contributed by atoms with E-state index in [4.69, 9.17) is 0 Å². The fraction of sp³-hybridized carbons (Fsp3) is 0.00917. The van der Waals surface area contributed by atoms with Crippen LogP contribution in [0.5, 0.6) is 0 Å². The van der Waals surface area contributed by atoms with Crippen LogP contribution in [0.2, 0.25) is 0 Å². The molecule has 0 fully saturated rings. The normalized spacial score (nSPS) is 12.3. The molecule has 24 rings (SSSR count). The van der Waals surface area contributed by atoms with Crippen LogP contribution >= 0.6 is 0 Å². The molecule has 0 spiro atoms. The molecule has 500 valence electrons. The van der Waals surface area contributed by atoms with Crippen LogP contribution in [0, 0.1) is 6.92 Å². The topological polar surface area (TPSA) is 0 Å². The predicted octanol–water partition coefficient (Wildman–Crippen LogP) is 31.1. The average molecular weight is 1370 g/mol. The summed E-state index contributed by atoms with van der Waals surface area (Å²) in [6.07, 6.45) is 0. The zero-order valence-electron chi connectivity index (χ0n) is 59.7. The maximum Gasteiger partial charge on any atom is -0.00203 e. The van der Waals surface area contributed by atoms with Crippen molar-refractivity contribution in [1.29, 1.82) is 0 Å². The Hall–Kier alpha value is -14.0. The lowest BCUT2D eigenvalue weighted by Gasteiger charge is -2.20. The largest absolute Gasteiger partial charge is 0.0616 e. The molecule has 0 radical (unpaired) electrons. The summed E-state index contributed by atoms with van der Waals surface area (Å²) in [4.78, 5) is 0. The molecule has 0 saturated carbocycles. The van der Waals surface area contributed by atoms with Gasteiger partial charge in [-0.25, -0.2) is 0 Å². The van der Waals surface area contributed by atoms with Crippen molar-refractivity contribution in [2.24, 2.45) is 0 Å². The quantitative estimate of drug-likeness (QED) is 0.119. The maximum absolute atomic E-state index is 2.55. The monoisotopic (exact) mass is 1370 g/mol. The molecule has 0 heteroatoms. The van der Waals surface area contributed by atoms with E-state index in [1.165, 1.54) is 255 Å². The van der Waals surface area contributed by atoms with Gasteiger partial charge >= 0.3 is 0 Å². The second-order valence-corrected chi connectivity index (χ2v) is 30.3. The van der Waals surface area contributed by atoms with Crippen LogP contribution in [0.1, 0.15) is 5.56 Å². The molecule has 0 bridgehead atoms. The summed E-state index contributed by atoms with van der Waals surface area (Å²) < 4.78 is 0. The fourth-order valence-electron chi connectivity index (χ4n) is 19.9. The van der Waals surface area contributed by atoms with Crippen LogP contribution < -0.4 is 0 Å². The van der Waals surface area contributed by atoms with Gasteiger partial charge in [0.05, 0.1) is 0 Å². The maximum atomic E-state index is 2.55. The molecule has 0 aliphatic heterocycles. The third-order valence-corrected chi connectivity index (χ3v) is 24.9. The van der Waals surface area contributed by atoms with Crippen molar-refractivity contribution in [2.45, 2.75) is 6.92 Å². The van der Waals surface area contributed by atoms with Crippen molar-refractivity contribution < 1.29 is 0 Å². The standard InChI is InChI=1S/C109H64/c1-63-73-28-10-6-24-68(73)58-99-74(63)46-47-87-78(32-14-35-81(87)99)79-33-15-36-82-88(79)48-51-95-100(82)59-69-25-8-12-30-76(69)108(95)93-42-18-39-85-91(93)50-53-97-102(85)61-71-27-9-13-31-77(71)109(97)94-43-19-40-86-103-56-66-22-4-5-23-67(66)57-104(103)106(62-105(86)94)84-38-16-37-83-89(84)49-52-96-101(83)60-70-26-7-11-29-75(70)107(96)92-41-17-34-80-90(92)45-44-72-54-64-20-2-3-21-65(64)55-98(72)80/h2-62H,1H3. The lowest BCUT2D eigenvalue weighted by Crippen LogP contribution is -1.93. The number of rotatable bonds is 5. The summed E-state index contributed by atoms with van der Waals surface area (Å²) in [6, 6.07) is 141. The second-order valence-electron chi connectivity index (χ2n) is 30.3. The number of hydrogen-bond donors (Lipinski definition) is 0. The summed E-state index contributed by atoms with van der Waals surface area (Å²) in [5.41, 5.74) is 13.7. The second kappa shape index (κ2) is 23.0. The summed E-state index contributed by atoms with van der Waals surface area (Å²) >= 11 is 0. The number of fused-ring (bicyclic) bond motifs is 24. The van der Waals surface area contributed by atoms with E-state index < -0.39 is 0 Å². The minimum absolute atomic E-state index is 1.21. The molecule has 0 heterocycles. The van der Waals surface area contributed by atoms with Crippen LogP contribution in [0.15, 0.2) is 370 Å². The first-order valence-electron chi connectivity index (χ1n) is 38.2. The predicted molar refractivity (Wildman–Crippen MR) is 473 cm³/mol. The molecule has 0 aromatic heterocycles. The fourth-order valence-corrected chi connectivity index (χ4v) is 19.9. The molecule has 0 nitrogen and oxygen atoms in total. The molecule has 0 unspecified atom stereocenters. The van der Waals surface area contributed by atoms with Crippen LogP contribution in [0.4, 0.5) is 0 Å². The molecular weight excluding hydrogens is 1310 g/mol. The van der Waals surface area contributed by atoms with Crippen molar-refractivity contribution in [1.82, 2.24) is 0 Å². The third-order valence-electron chi connectivity index (χ3n) is 24.9. The Morgan fingerprint density at radius 3 is 0.789 bits per heavy atom. The van der Waals surface area contributed by atoms with E-state index in [0.29, 0.717) is 0 Å². The summed E-state index contributed by atoms with van der Waals surface area (Å²) in [6.45, 7) is 2.27. The van der Waals surface area contributed by atoms with E-state index in [1.54, 1.807) is 0 Å². The first kappa shape index (κ1) is 60.3. The van der Waals surface area contributed by atoms with Gasteiger partial charge < -0.3 is 0 Å². The molecule has 0 N–H and O–H groups in total. The molecule has 109 heavy (non-hydrogen) atoms. The SMILES string of the molecule is Cc1c2ccccc2cc2c1ccc1c(-c3cccc4c3ccc3c(-c5cccc6c5ccc5c(-c7cccc8c7cc(-c7cccc9c7ccc7c(-c%10cccc%11c%10ccc%10cc%12ccccc%12cc%10%11)c%10ccccc%10cc79)c7cc9ccccc9cc78)c7ccccc7cc56)c5ccccc5cc34)cccc12. The Morgan fingerprint density at radius 1 is 0.110 bits per heavy atom. The van der Waals surface area contributed by atoms with Gasteiger partial charge in [0.2, 0.25) is 0 Å². The highest BCUT2D eigenvalue weighted by atomic mass is 14.3. The highest BCUT2D eigenvalue weighted by Gasteiger charge is 2.24. The third kappa shape index (κ3) is 8.77. The number of hydrogen-bond acceptors (Lipinski definition) is 0. The zero-order valence-corrected chi connectivity index (χ0v) is 59.7. The van der Waals surface area contributed by atoms with Gasteiger partial charge in [0.1, 0.15) is 0 Å². The Balaban J connectivity index is 0.702. The van der Waals surface area contributed by atoms with Crippen LogP contribution in [-0.2, 0) is 0 Å². The summed E-state index contributed by atoms with van der Waals surface area (Å²) in [7, 11) is 0. The van der Waals surface area contributed by atoms with E-state index in [2.05, 4.69) is 377 Å². The van der Waals surface area contributed by atoms with Crippen molar-refractivity contribution in [2.75, 3.05) is 0 Å². The van der Waals surface area contributed by atoms with Gasteiger partial charge in [0.15, 0.2) is 0 Å². The summed E-state index contributed by atoms with van der Waals surface area (Å²) in [5, 5.41) is 45.0. The van der Waals surface area contributed by atoms with E-state index in [9.17, 15) is 0 Å². The van der Waals surface area contributed by atoms with Crippen LogP contribution in [-0.4, -0.2) is 0 Å². The molecular formula is C109H64. The van der Waals surface area contributed by atoms with E-state index in [0.717, 1.165) is 0 Å². The molecule has 0 amide bonds. The van der Waals surface area contributed by atoms with Gasteiger partial charge in [-0.3, -0.25) is 0 Å². The molecule has 0 aliphatic rings. The first-order chi connectivity index (χ1) is 54.0. The minimum Gasteiger partial charge on any atom is -0.0616 e. The Bertz CT molecular complexity index is 8230. The van der Waals surface area contributed by atoms with Gasteiger partial charge in [-0.15, -0.1) is 0 Å². The van der Waals surface area contributed by atoms with Gasteiger partial charge in [-0.2, -0.15) is 0 Å². The average Bonchev–Trinajstić information content (AvgIpc) is 0.710. The van der Waals surface area contributed by atoms with Crippen molar-refractivity contribution >= 4 is 194 Å². The van der Waals surface area contributed by atoms with Crippen LogP contribution in [0.25, 0.3) is 250 Å². The Labute approximate surface area is 627 Å².